The van der Waals surface area contributed by atoms with E-state index in [2.05, 4.69) is 51.9 Å². The average molecular weight is 228 g/mol. The van der Waals surface area contributed by atoms with Gasteiger partial charge in [0.2, 0.25) is 0 Å². The molecule has 0 aromatic carbocycles. The van der Waals surface area contributed by atoms with Gasteiger partial charge in [-0.15, -0.1) is 0 Å². The van der Waals surface area contributed by atoms with Crippen molar-refractivity contribution >= 4 is 0 Å². The molecule has 0 saturated heterocycles. The first kappa shape index (κ1) is 15.9. The van der Waals surface area contributed by atoms with E-state index in [4.69, 9.17) is 0 Å². The van der Waals surface area contributed by atoms with Crippen LogP contribution in [0.4, 0.5) is 0 Å². The lowest BCUT2D eigenvalue weighted by Crippen LogP contribution is -2.43. The van der Waals surface area contributed by atoms with Crippen molar-refractivity contribution < 1.29 is 0 Å². The van der Waals surface area contributed by atoms with Crippen LogP contribution >= 0.6 is 0 Å². The highest BCUT2D eigenvalue weighted by atomic mass is 15.2. The maximum Gasteiger partial charge on any atom is 0.00844 e. The molecule has 0 radical (unpaired) electrons. The molecule has 1 N–H and O–H groups in total. The summed E-state index contributed by atoms with van der Waals surface area (Å²) in [6.45, 7) is 12.8. The molecule has 0 fully saturated rings. The van der Waals surface area contributed by atoms with E-state index in [1.54, 1.807) is 0 Å². The number of unbranched alkanes of at least 4 members (excludes halogenated alkanes) is 1. The van der Waals surface area contributed by atoms with Gasteiger partial charge in [-0.05, 0) is 53.6 Å². The lowest BCUT2D eigenvalue weighted by atomic mass is 10.0. The van der Waals surface area contributed by atoms with Crippen LogP contribution in [0.15, 0.2) is 0 Å². The zero-order valence-corrected chi connectivity index (χ0v) is 12.2. The van der Waals surface area contributed by atoms with Crippen LogP contribution in [-0.2, 0) is 0 Å². The highest BCUT2D eigenvalue weighted by Gasteiger charge is 2.19. The summed E-state index contributed by atoms with van der Waals surface area (Å²) in [7, 11) is 2.05. The van der Waals surface area contributed by atoms with Crippen LogP contribution in [0.5, 0.6) is 0 Å². The van der Waals surface area contributed by atoms with Crippen LogP contribution in [0.1, 0.15) is 60.3 Å². The van der Waals surface area contributed by atoms with E-state index < -0.39 is 0 Å². The van der Waals surface area contributed by atoms with Gasteiger partial charge in [-0.2, -0.15) is 0 Å². The molecule has 0 rings (SSSR count). The van der Waals surface area contributed by atoms with Crippen LogP contribution < -0.4 is 5.32 Å². The van der Waals surface area contributed by atoms with Crippen LogP contribution in [0.3, 0.4) is 0 Å². The molecule has 0 saturated carbocycles. The van der Waals surface area contributed by atoms with Crippen molar-refractivity contribution in [3.8, 4) is 0 Å². The molecule has 98 valence electrons. The molecule has 0 heterocycles. The van der Waals surface area contributed by atoms with Gasteiger partial charge in [0.1, 0.15) is 0 Å². The van der Waals surface area contributed by atoms with E-state index in [1.807, 2.05) is 0 Å². The van der Waals surface area contributed by atoms with Gasteiger partial charge in [-0.1, -0.05) is 20.3 Å². The second-order valence-corrected chi connectivity index (χ2v) is 5.12. The molecule has 0 aliphatic carbocycles. The highest BCUT2D eigenvalue weighted by Crippen LogP contribution is 2.14. The Morgan fingerprint density at radius 2 is 1.69 bits per heavy atom. The molecule has 0 aromatic rings. The number of rotatable bonds is 9. The largest absolute Gasteiger partial charge is 0.317 e. The predicted molar refractivity (Wildman–Crippen MR) is 74.0 cm³/mol. The molecule has 0 bridgehead atoms. The van der Waals surface area contributed by atoms with Gasteiger partial charge < -0.3 is 5.32 Å². The molecule has 3 unspecified atom stereocenters. The molecule has 2 nitrogen and oxygen atoms in total. The van der Waals surface area contributed by atoms with Crippen LogP contribution in [-0.4, -0.2) is 36.6 Å². The standard InChI is InChI=1S/C14H32N2/c1-7-9-10-16(13(4)8-2)14(5)11-12(3)15-6/h12-15H,7-11H2,1-6H3. The smallest absolute Gasteiger partial charge is 0.00844 e. The first-order valence-electron chi connectivity index (χ1n) is 6.99. The van der Waals surface area contributed by atoms with E-state index in [1.165, 1.54) is 32.2 Å². The number of nitrogens with zero attached hydrogens (tertiary/aromatic N) is 1. The third kappa shape index (κ3) is 5.86. The molecule has 3 atom stereocenters. The van der Waals surface area contributed by atoms with E-state index >= 15 is 0 Å². The van der Waals surface area contributed by atoms with Crippen molar-refractivity contribution in [1.29, 1.82) is 0 Å². The minimum Gasteiger partial charge on any atom is -0.317 e. The normalized spacial score (nSPS) is 17.4. The SMILES string of the molecule is CCCCN(C(C)CC)C(C)CC(C)NC. The van der Waals surface area contributed by atoms with Gasteiger partial charge in [0, 0.05) is 18.1 Å². The van der Waals surface area contributed by atoms with Gasteiger partial charge in [0.05, 0.1) is 0 Å². The molecule has 0 aromatic heterocycles. The van der Waals surface area contributed by atoms with Gasteiger partial charge in [-0.3, -0.25) is 4.90 Å². The van der Waals surface area contributed by atoms with E-state index in [0.717, 1.165) is 0 Å². The minimum absolute atomic E-state index is 0.614. The summed E-state index contributed by atoms with van der Waals surface area (Å²) >= 11 is 0. The second kappa shape index (κ2) is 9.00. The molecular weight excluding hydrogens is 196 g/mol. The summed E-state index contributed by atoms with van der Waals surface area (Å²) in [4.78, 5) is 2.68. The number of nitrogens with one attached hydrogen (secondary N) is 1. The van der Waals surface area contributed by atoms with Crippen molar-refractivity contribution in [2.24, 2.45) is 0 Å². The summed E-state index contributed by atoms with van der Waals surface area (Å²) in [5.41, 5.74) is 0. The Labute approximate surface area is 103 Å². The first-order chi connectivity index (χ1) is 7.56. The van der Waals surface area contributed by atoms with E-state index in [9.17, 15) is 0 Å². The topological polar surface area (TPSA) is 15.3 Å². The van der Waals surface area contributed by atoms with Gasteiger partial charge in [0.15, 0.2) is 0 Å². The summed E-state index contributed by atoms with van der Waals surface area (Å²) < 4.78 is 0. The third-order valence-electron chi connectivity index (χ3n) is 3.68. The third-order valence-corrected chi connectivity index (χ3v) is 3.68. The second-order valence-electron chi connectivity index (χ2n) is 5.12. The maximum atomic E-state index is 3.34. The fraction of sp³-hybridized carbons (Fsp3) is 1.00. The summed E-state index contributed by atoms with van der Waals surface area (Å²) in [5, 5.41) is 3.34. The van der Waals surface area contributed by atoms with Gasteiger partial charge in [-0.25, -0.2) is 0 Å². The van der Waals surface area contributed by atoms with Crippen LogP contribution in [0.25, 0.3) is 0 Å². The zero-order chi connectivity index (χ0) is 12.6. The maximum absolute atomic E-state index is 3.34. The Morgan fingerprint density at radius 1 is 1.06 bits per heavy atom. The van der Waals surface area contributed by atoms with Crippen molar-refractivity contribution in [3.05, 3.63) is 0 Å². The Bertz CT molecular complexity index is 159. The minimum atomic E-state index is 0.614. The quantitative estimate of drug-likeness (QED) is 0.651. The monoisotopic (exact) mass is 228 g/mol. The first-order valence-corrected chi connectivity index (χ1v) is 6.99. The fourth-order valence-corrected chi connectivity index (χ4v) is 2.22. The lowest BCUT2D eigenvalue weighted by molar-refractivity contribution is 0.134. The predicted octanol–water partition coefficient (Wildman–Crippen LogP) is 3.27. The summed E-state index contributed by atoms with van der Waals surface area (Å²) in [6, 6.07) is 2.01. The van der Waals surface area contributed by atoms with Gasteiger partial charge in [0.25, 0.3) is 0 Å². The Balaban J connectivity index is 4.24. The Morgan fingerprint density at radius 3 is 2.12 bits per heavy atom. The van der Waals surface area contributed by atoms with Gasteiger partial charge >= 0.3 is 0 Å². The Kier molecular flexibility index (Phi) is 8.96. The molecule has 0 aliphatic heterocycles. The molecule has 2 heteroatoms. The van der Waals surface area contributed by atoms with Crippen LogP contribution in [0.2, 0.25) is 0 Å². The lowest BCUT2D eigenvalue weighted by Gasteiger charge is -2.35. The highest BCUT2D eigenvalue weighted by molar-refractivity contribution is 4.76. The molecule has 16 heavy (non-hydrogen) atoms. The summed E-state index contributed by atoms with van der Waals surface area (Å²) in [6.07, 6.45) is 5.11. The van der Waals surface area contributed by atoms with Crippen molar-refractivity contribution in [1.82, 2.24) is 10.2 Å². The van der Waals surface area contributed by atoms with Crippen molar-refractivity contribution in [2.45, 2.75) is 78.4 Å². The molecule has 0 amide bonds. The molecular formula is C14H32N2. The van der Waals surface area contributed by atoms with Crippen molar-refractivity contribution in [2.75, 3.05) is 13.6 Å². The van der Waals surface area contributed by atoms with Crippen LogP contribution in [0, 0.1) is 0 Å². The van der Waals surface area contributed by atoms with E-state index in [0.29, 0.717) is 18.1 Å². The average Bonchev–Trinajstić information content (AvgIpc) is 2.28. The van der Waals surface area contributed by atoms with E-state index in [-0.39, 0.29) is 0 Å². The number of hydrogen-bond donors (Lipinski definition) is 1. The molecule has 0 spiro atoms. The summed E-state index contributed by atoms with van der Waals surface area (Å²) in [5.74, 6) is 0. The molecule has 0 aliphatic rings. The zero-order valence-electron chi connectivity index (χ0n) is 12.2. The Hall–Kier alpha value is -0.0800. The fourth-order valence-electron chi connectivity index (χ4n) is 2.22. The number of hydrogen-bond acceptors (Lipinski definition) is 2. The van der Waals surface area contributed by atoms with Crippen molar-refractivity contribution in [3.63, 3.8) is 0 Å².